The maximum atomic E-state index is 11.6. The number of esters is 1. The van der Waals surface area contributed by atoms with E-state index in [9.17, 15) is 4.79 Å². The number of hydrogen-bond acceptors (Lipinski definition) is 2. The molecule has 6 saturated carbocycles. The molecule has 0 saturated heterocycles. The lowest BCUT2D eigenvalue weighted by Crippen LogP contribution is -2.49. The molecule has 2 nitrogen and oxygen atoms in total. The van der Waals surface area contributed by atoms with Gasteiger partial charge in [-0.3, -0.25) is 4.79 Å². The lowest BCUT2D eigenvalue weighted by Gasteiger charge is -2.41. The topological polar surface area (TPSA) is 26.3 Å². The van der Waals surface area contributed by atoms with Crippen molar-refractivity contribution in [3.05, 3.63) is 0 Å². The highest BCUT2D eigenvalue weighted by atomic mass is 79.9. The molecule has 0 amide bonds. The van der Waals surface area contributed by atoms with Crippen LogP contribution in [0.2, 0.25) is 0 Å². The Morgan fingerprint density at radius 1 is 1.22 bits per heavy atom. The van der Waals surface area contributed by atoms with E-state index in [1.54, 1.807) is 6.92 Å². The fourth-order valence-corrected chi connectivity index (χ4v) is 10.9. The Morgan fingerprint density at radius 2 is 1.89 bits per heavy atom. The van der Waals surface area contributed by atoms with E-state index >= 15 is 0 Å². The molecule has 98 valence electrons. The van der Waals surface area contributed by atoms with Gasteiger partial charge in [-0.15, -0.1) is 0 Å². The number of alkyl halides is 3. The smallest absolute Gasteiger partial charge is 0.303 e. The van der Waals surface area contributed by atoms with Crippen molar-refractivity contribution in [2.75, 3.05) is 0 Å². The fraction of sp³-hybridized carbons (Fsp3) is 0.923. The maximum absolute atomic E-state index is 11.6. The molecule has 0 N–H and O–H groups in total. The summed E-state index contributed by atoms with van der Waals surface area (Å²) in [5.41, 5.74) is -0.240. The monoisotopic (exact) mass is 438 g/mol. The molecule has 6 aliphatic rings. The normalized spacial score (nSPS) is 67.6. The summed E-state index contributed by atoms with van der Waals surface area (Å²) in [4.78, 5) is 12.0. The molecule has 0 aromatic rings. The number of carbonyl (C=O) groups excluding carboxylic acids is 1. The highest BCUT2D eigenvalue weighted by Crippen LogP contribution is 2.90. The van der Waals surface area contributed by atoms with E-state index in [1.165, 1.54) is 6.42 Å². The van der Waals surface area contributed by atoms with Crippen LogP contribution in [0.3, 0.4) is 0 Å². The minimum Gasteiger partial charge on any atom is -0.457 e. The lowest BCUT2D eigenvalue weighted by molar-refractivity contribution is -0.167. The Bertz CT molecular complexity index is 493. The molecule has 6 aliphatic carbocycles. The van der Waals surface area contributed by atoms with Gasteiger partial charge in [0.1, 0.15) is 5.60 Å². The molecular weight excluding hydrogens is 428 g/mol. The van der Waals surface area contributed by atoms with Crippen LogP contribution in [-0.4, -0.2) is 19.6 Å². The first-order valence-electron chi connectivity index (χ1n) is 6.64. The molecule has 0 aromatic carbocycles. The molecular formula is C13H13Br3O2. The summed E-state index contributed by atoms with van der Waals surface area (Å²) in [5, 5.41) is 0. The average Bonchev–Trinajstić information content (AvgIpc) is 2.93. The Morgan fingerprint density at radius 3 is 2.56 bits per heavy atom. The van der Waals surface area contributed by atoms with Crippen molar-refractivity contribution in [1.29, 1.82) is 0 Å². The molecule has 0 heterocycles. The molecule has 0 aromatic heterocycles. The number of halogens is 3. The molecule has 9 atom stereocenters. The minimum atomic E-state index is -0.240. The van der Waals surface area contributed by atoms with Crippen molar-refractivity contribution in [2.45, 2.75) is 27.0 Å². The van der Waals surface area contributed by atoms with E-state index in [0.29, 0.717) is 22.6 Å². The largest absolute Gasteiger partial charge is 0.457 e. The van der Waals surface area contributed by atoms with Gasteiger partial charge in [0.15, 0.2) is 0 Å². The van der Waals surface area contributed by atoms with E-state index in [-0.39, 0.29) is 14.8 Å². The predicted octanol–water partition coefficient (Wildman–Crippen LogP) is 3.31. The number of hydrogen-bond donors (Lipinski definition) is 0. The van der Waals surface area contributed by atoms with E-state index in [0.717, 1.165) is 23.7 Å². The van der Waals surface area contributed by atoms with Gasteiger partial charge in [0.25, 0.3) is 0 Å². The molecule has 6 rings (SSSR count). The zero-order chi connectivity index (χ0) is 12.6. The fourth-order valence-electron chi connectivity index (χ4n) is 6.89. The minimum absolute atomic E-state index is 0.00146. The number of ether oxygens (including phenoxy) is 1. The zero-order valence-electron chi connectivity index (χ0n) is 9.78. The van der Waals surface area contributed by atoms with Gasteiger partial charge in [-0.2, -0.15) is 0 Å². The summed E-state index contributed by atoms with van der Waals surface area (Å²) in [6.45, 7) is 1.56. The summed E-state index contributed by atoms with van der Waals surface area (Å²) in [6, 6.07) is 0. The van der Waals surface area contributed by atoms with Gasteiger partial charge in [0, 0.05) is 18.8 Å². The molecule has 0 unspecified atom stereocenters. The van der Waals surface area contributed by atoms with Crippen molar-refractivity contribution in [1.82, 2.24) is 0 Å². The Labute approximate surface area is 131 Å². The van der Waals surface area contributed by atoms with Gasteiger partial charge < -0.3 is 4.74 Å². The van der Waals surface area contributed by atoms with Crippen LogP contribution in [0.15, 0.2) is 0 Å². The first-order chi connectivity index (χ1) is 8.42. The summed E-state index contributed by atoms with van der Waals surface area (Å²) < 4.78 is 5.98. The van der Waals surface area contributed by atoms with Crippen LogP contribution >= 0.6 is 47.8 Å². The summed E-state index contributed by atoms with van der Waals surface area (Å²) in [7, 11) is 0. The number of rotatable bonds is 1. The Balaban J connectivity index is 1.76. The quantitative estimate of drug-likeness (QED) is 0.462. The second-order valence-electron chi connectivity index (χ2n) is 6.77. The van der Waals surface area contributed by atoms with Crippen molar-refractivity contribution >= 4 is 53.8 Å². The van der Waals surface area contributed by atoms with Crippen LogP contribution in [0.25, 0.3) is 0 Å². The third kappa shape index (κ3) is 0.828. The van der Waals surface area contributed by atoms with Crippen LogP contribution in [0.5, 0.6) is 0 Å². The van der Waals surface area contributed by atoms with Crippen molar-refractivity contribution < 1.29 is 9.53 Å². The Kier molecular flexibility index (Phi) is 1.87. The van der Waals surface area contributed by atoms with Crippen LogP contribution < -0.4 is 0 Å². The van der Waals surface area contributed by atoms with Gasteiger partial charge >= 0.3 is 5.97 Å². The van der Waals surface area contributed by atoms with Crippen LogP contribution in [0.4, 0.5) is 0 Å². The second kappa shape index (κ2) is 2.92. The van der Waals surface area contributed by atoms with E-state index in [1.807, 2.05) is 0 Å². The first kappa shape index (κ1) is 11.6. The van der Waals surface area contributed by atoms with Gasteiger partial charge in [-0.1, -0.05) is 47.8 Å². The molecule has 6 bridgehead atoms. The van der Waals surface area contributed by atoms with Gasteiger partial charge in [-0.05, 0) is 36.0 Å². The first-order valence-corrected chi connectivity index (χ1v) is 9.14. The molecule has 0 radical (unpaired) electrons. The molecule has 18 heavy (non-hydrogen) atoms. The summed E-state index contributed by atoms with van der Waals surface area (Å²) >= 11 is 11.8. The third-order valence-corrected chi connectivity index (χ3v) is 10.00. The average molecular weight is 441 g/mol. The third-order valence-electron chi connectivity index (χ3n) is 6.63. The zero-order valence-corrected chi connectivity index (χ0v) is 14.5. The number of carbonyl (C=O) groups is 1. The van der Waals surface area contributed by atoms with Crippen LogP contribution in [0.1, 0.15) is 13.3 Å². The van der Waals surface area contributed by atoms with Crippen molar-refractivity contribution in [3.8, 4) is 0 Å². The molecule has 6 fully saturated rings. The second-order valence-corrected chi connectivity index (χ2v) is 11.4. The highest BCUT2D eigenvalue weighted by Gasteiger charge is 2.93. The Hall–Kier alpha value is 0.910. The summed E-state index contributed by atoms with van der Waals surface area (Å²) in [6.07, 6.45) is 1.35. The maximum Gasteiger partial charge on any atom is 0.303 e. The molecule has 0 aliphatic heterocycles. The SMILES string of the molecule is CC(=O)O[C@@]12[C@@H]3[C@H]4C[C@@H]5[C@@H]([C@@H]4[C@@H]1Br)[C@@H]2C(Br)(Br)[C@@H]53. The highest BCUT2D eigenvalue weighted by molar-refractivity contribution is 9.25. The van der Waals surface area contributed by atoms with Gasteiger partial charge in [0.2, 0.25) is 0 Å². The van der Waals surface area contributed by atoms with Gasteiger partial charge in [0.05, 0.1) is 8.06 Å². The van der Waals surface area contributed by atoms with Gasteiger partial charge in [-0.25, -0.2) is 0 Å². The van der Waals surface area contributed by atoms with E-state index in [2.05, 4.69) is 47.8 Å². The van der Waals surface area contributed by atoms with Crippen molar-refractivity contribution in [2.24, 2.45) is 41.4 Å². The predicted molar refractivity (Wildman–Crippen MR) is 76.8 cm³/mol. The van der Waals surface area contributed by atoms with Crippen molar-refractivity contribution in [3.63, 3.8) is 0 Å². The molecule has 5 heteroatoms. The standard InChI is InChI=1S/C13H13Br3O2/c1-3(17)18-12-8-5-2-4-6(7(5)11(12)14)10(12)13(15,16)9(4)8/h4-11H,2H2,1H3/t4-,5+,6+,7-,8-,9+,10+,11+,12-/m1/s1. The lowest BCUT2D eigenvalue weighted by atomic mass is 9.69. The van der Waals surface area contributed by atoms with Crippen LogP contribution in [-0.2, 0) is 9.53 Å². The van der Waals surface area contributed by atoms with E-state index < -0.39 is 0 Å². The van der Waals surface area contributed by atoms with Crippen LogP contribution in [0, 0.1) is 41.4 Å². The molecule has 0 spiro atoms. The summed E-state index contributed by atoms with van der Waals surface area (Å²) in [5.74, 6) is 4.64. The van der Waals surface area contributed by atoms with E-state index in [4.69, 9.17) is 4.74 Å².